The Labute approximate surface area is 334 Å². The molecule has 0 aliphatic heterocycles. The second-order valence-electron chi connectivity index (χ2n) is 14.0. The van der Waals surface area contributed by atoms with Crippen molar-refractivity contribution in [1.29, 1.82) is 0 Å². The number of carbonyl (C=O) groups excluding carboxylic acids is 5. The number of amides is 5. The number of aliphatic carboxylic acids is 2. The summed E-state index contributed by atoms with van der Waals surface area (Å²) in [6.07, 6.45) is 0.927. The molecule has 6 atom stereocenters. The molecule has 16 heteroatoms. The van der Waals surface area contributed by atoms with Crippen LogP contribution in [0.1, 0.15) is 55.2 Å². The Morgan fingerprint density at radius 2 is 1.07 bits per heavy atom. The second-order valence-corrected chi connectivity index (χ2v) is 14.5. The first-order valence-electron chi connectivity index (χ1n) is 18.7. The molecule has 3 aromatic carbocycles. The van der Waals surface area contributed by atoms with Crippen LogP contribution in [0.15, 0.2) is 78.9 Å². The van der Waals surface area contributed by atoms with Gasteiger partial charge in [0.2, 0.25) is 29.5 Å². The van der Waals surface area contributed by atoms with Crippen molar-refractivity contribution in [1.82, 2.24) is 26.6 Å². The lowest BCUT2D eigenvalue weighted by Crippen LogP contribution is -2.59. The van der Waals surface area contributed by atoms with E-state index in [0.717, 1.165) is 0 Å². The molecule has 0 spiro atoms. The summed E-state index contributed by atoms with van der Waals surface area (Å²) in [4.78, 5) is 92.1. The molecule has 0 saturated heterocycles. The number of hydrogen-bond acceptors (Lipinski definition) is 8. The third-order valence-electron chi connectivity index (χ3n) is 9.86. The van der Waals surface area contributed by atoms with Crippen molar-refractivity contribution in [3.8, 4) is 5.75 Å². The van der Waals surface area contributed by atoms with E-state index in [-0.39, 0.29) is 31.4 Å². The van der Waals surface area contributed by atoms with Gasteiger partial charge in [0.05, 0.1) is 11.8 Å². The number of benzene rings is 3. The first-order chi connectivity index (χ1) is 27.2. The summed E-state index contributed by atoms with van der Waals surface area (Å²) in [5.74, 6) is -7.84. The smallest absolute Gasteiger partial charge is 0.307 e. The Morgan fingerprint density at radius 1 is 0.614 bits per heavy atom. The number of rotatable bonds is 19. The molecule has 0 bridgehead atoms. The molecule has 0 heterocycles. The van der Waals surface area contributed by atoms with Gasteiger partial charge in [0.15, 0.2) is 0 Å². The van der Waals surface area contributed by atoms with E-state index in [9.17, 15) is 48.9 Å². The van der Waals surface area contributed by atoms with E-state index >= 15 is 0 Å². The van der Waals surface area contributed by atoms with Crippen LogP contribution in [0, 0.1) is 11.8 Å². The standard InChI is InChI=1S/C41H48ClN5O10/c1-43-37(52)32(22-25-11-15-27(42)16-12-25)46-38(53)31(19-20-35(49)50)44-39(54)34(21-24-7-3-2-4-8-24)47-40(55)33(23-26-13-17-28(48)18-14-26)45-36(51)29-9-5-6-10-30(29)41(56)57/h2-4,7-8,11-18,29-34,48H,5-6,9-10,19-23H2,1H3,(H,43,52)(H,44,54)(H,45,51)(H,46,53)(H,47,55)(H,49,50)(H,56,57)/t29-,30-,31-,32-,33-,34-/m0/s1. The van der Waals surface area contributed by atoms with Crippen molar-refractivity contribution in [2.75, 3.05) is 7.05 Å². The number of halogens is 1. The molecule has 1 saturated carbocycles. The van der Waals surface area contributed by atoms with Gasteiger partial charge in [-0.1, -0.05) is 79.0 Å². The van der Waals surface area contributed by atoms with E-state index in [0.29, 0.717) is 47.4 Å². The number of hydrogen-bond donors (Lipinski definition) is 8. The fourth-order valence-electron chi connectivity index (χ4n) is 6.75. The first kappa shape index (κ1) is 43.8. The van der Waals surface area contributed by atoms with Gasteiger partial charge in [-0.3, -0.25) is 33.6 Å². The van der Waals surface area contributed by atoms with E-state index in [1.54, 1.807) is 66.7 Å². The van der Waals surface area contributed by atoms with Crippen molar-refractivity contribution in [3.05, 3.63) is 101 Å². The van der Waals surface area contributed by atoms with Crippen molar-refractivity contribution in [3.63, 3.8) is 0 Å². The molecule has 1 fully saturated rings. The van der Waals surface area contributed by atoms with Crippen LogP contribution in [0.25, 0.3) is 0 Å². The number of carbonyl (C=O) groups is 7. The fraction of sp³-hybridized carbons (Fsp3) is 0.390. The number of nitrogens with one attached hydrogen (secondary N) is 5. The number of aromatic hydroxyl groups is 1. The summed E-state index contributed by atoms with van der Waals surface area (Å²) in [6.45, 7) is 0. The average Bonchev–Trinajstić information content (AvgIpc) is 3.20. The third kappa shape index (κ3) is 13.6. The van der Waals surface area contributed by atoms with Crippen LogP contribution in [-0.4, -0.2) is 88.0 Å². The quantitative estimate of drug-likeness (QED) is 0.0881. The Bertz CT molecular complexity index is 1880. The molecule has 5 amide bonds. The van der Waals surface area contributed by atoms with Crippen molar-refractivity contribution < 1.29 is 48.9 Å². The van der Waals surface area contributed by atoms with E-state index in [1.807, 2.05) is 0 Å². The van der Waals surface area contributed by atoms with Crippen LogP contribution in [0.2, 0.25) is 5.02 Å². The minimum absolute atomic E-state index is 0.0250. The third-order valence-corrected chi connectivity index (χ3v) is 10.1. The number of phenols is 1. The van der Waals surface area contributed by atoms with Crippen LogP contribution in [0.5, 0.6) is 5.75 Å². The highest BCUT2D eigenvalue weighted by Crippen LogP contribution is 2.30. The maximum absolute atomic E-state index is 14.2. The molecule has 0 unspecified atom stereocenters. The Hall–Kier alpha value is -5.96. The molecule has 8 N–H and O–H groups in total. The lowest BCUT2D eigenvalue weighted by atomic mass is 9.78. The topological polar surface area (TPSA) is 240 Å². The average molecular weight is 806 g/mol. The molecular formula is C41H48ClN5O10. The maximum atomic E-state index is 14.2. The molecule has 4 rings (SSSR count). The van der Waals surface area contributed by atoms with Crippen LogP contribution in [-0.2, 0) is 52.8 Å². The highest BCUT2D eigenvalue weighted by atomic mass is 35.5. The summed E-state index contributed by atoms with van der Waals surface area (Å²) in [5.41, 5.74) is 1.84. The van der Waals surface area contributed by atoms with E-state index in [1.165, 1.54) is 19.2 Å². The molecule has 0 radical (unpaired) electrons. The molecule has 15 nitrogen and oxygen atoms in total. The second kappa shape index (κ2) is 21.4. The zero-order valence-electron chi connectivity index (χ0n) is 31.4. The monoisotopic (exact) mass is 805 g/mol. The zero-order chi connectivity index (χ0) is 41.5. The number of carboxylic acids is 2. The largest absolute Gasteiger partial charge is 0.508 e. The molecule has 57 heavy (non-hydrogen) atoms. The normalized spacial score (nSPS) is 17.1. The van der Waals surface area contributed by atoms with E-state index in [2.05, 4.69) is 26.6 Å². The Morgan fingerprint density at radius 3 is 1.60 bits per heavy atom. The minimum atomic E-state index is -1.45. The van der Waals surface area contributed by atoms with Crippen LogP contribution in [0.3, 0.4) is 0 Å². The lowest BCUT2D eigenvalue weighted by molar-refractivity contribution is -0.149. The number of phenolic OH excluding ortho intramolecular Hbond substituents is 1. The van der Waals surface area contributed by atoms with E-state index in [4.69, 9.17) is 11.6 Å². The highest BCUT2D eigenvalue weighted by Gasteiger charge is 2.38. The summed E-state index contributed by atoms with van der Waals surface area (Å²) in [6, 6.07) is 16.0. The summed E-state index contributed by atoms with van der Waals surface area (Å²) in [7, 11) is 1.39. The van der Waals surface area contributed by atoms with Gasteiger partial charge in [0.1, 0.15) is 29.9 Å². The molecule has 304 valence electrons. The SMILES string of the molecule is CNC(=O)[C@H](Cc1ccc(Cl)cc1)NC(=O)[C@H](CCC(=O)O)NC(=O)[C@H](Cc1ccccc1)NC(=O)[C@H](Cc1ccc(O)cc1)NC(=O)[C@H]1CCCC[C@@H]1C(=O)O. The minimum Gasteiger partial charge on any atom is -0.508 e. The summed E-state index contributed by atoms with van der Waals surface area (Å²) < 4.78 is 0. The maximum Gasteiger partial charge on any atom is 0.307 e. The van der Waals surface area contributed by atoms with Gasteiger partial charge in [0.25, 0.3) is 0 Å². The number of likely N-dealkylation sites (N-methyl/N-ethyl adjacent to an activating group) is 1. The predicted octanol–water partition coefficient (Wildman–Crippen LogP) is 2.51. The Kier molecular flexibility index (Phi) is 16.4. The molecule has 3 aromatic rings. The van der Waals surface area contributed by atoms with Gasteiger partial charge in [-0.05, 0) is 60.2 Å². The van der Waals surface area contributed by atoms with Gasteiger partial charge in [-0.15, -0.1) is 0 Å². The first-order valence-corrected chi connectivity index (χ1v) is 19.1. The molecular weight excluding hydrogens is 758 g/mol. The van der Waals surface area contributed by atoms with Crippen LogP contribution < -0.4 is 26.6 Å². The fourth-order valence-corrected chi connectivity index (χ4v) is 6.87. The molecule has 0 aromatic heterocycles. The van der Waals surface area contributed by atoms with Gasteiger partial charge in [0, 0.05) is 37.8 Å². The van der Waals surface area contributed by atoms with Crippen molar-refractivity contribution in [2.24, 2.45) is 11.8 Å². The van der Waals surface area contributed by atoms with Crippen LogP contribution in [0.4, 0.5) is 0 Å². The van der Waals surface area contributed by atoms with Crippen molar-refractivity contribution in [2.45, 2.75) is 82.0 Å². The van der Waals surface area contributed by atoms with Gasteiger partial charge < -0.3 is 41.9 Å². The summed E-state index contributed by atoms with van der Waals surface area (Å²) >= 11 is 6.00. The summed E-state index contributed by atoms with van der Waals surface area (Å²) in [5, 5.41) is 42.7. The van der Waals surface area contributed by atoms with Gasteiger partial charge in [-0.2, -0.15) is 0 Å². The molecule has 1 aliphatic carbocycles. The van der Waals surface area contributed by atoms with Crippen LogP contribution >= 0.6 is 11.6 Å². The lowest BCUT2D eigenvalue weighted by Gasteiger charge is -2.30. The van der Waals surface area contributed by atoms with Crippen molar-refractivity contribution >= 4 is 53.1 Å². The number of carboxylic acid groups (broad SMARTS) is 2. The van der Waals surface area contributed by atoms with E-state index < -0.39 is 83.9 Å². The zero-order valence-corrected chi connectivity index (χ0v) is 32.2. The Balaban J connectivity index is 1.60. The predicted molar refractivity (Wildman–Crippen MR) is 209 cm³/mol. The van der Waals surface area contributed by atoms with Gasteiger partial charge >= 0.3 is 11.9 Å². The van der Waals surface area contributed by atoms with Gasteiger partial charge in [-0.25, -0.2) is 0 Å². The molecule has 1 aliphatic rings. The highest BCUT2D eigenvalue weighted by molar-refractivity contribution is 6.30.